The van der Waals surface area contributed by atoms with Crippen LogP contribution < -0.4 is 5.32 Å². The van der Waals surface area contributed by atoms with Crippen molar-refractivity contribution in [2.45, 2.75) is 25.9 Å². The minimum Gasteiger partial charge on any atom is -0.459 e. The fraction of sp³-hybridized carbons (Fsp3) is 0.353. The molecule has 3 rings (SSSR count). The zero-order valence-electron chi connectivity index (χ0n) is 13.1. The number of carbonyl (C=O) groups is 2. The van der Waals surface area contributed by atoms with Gasteiger partial charge in [0.25, 0.3) is 5.91 Å². The molecule has 2 amide bonds. The average Bonchev–Trinajstić information content (AvgIpc) is 3.14. The van der Waals surface area contributed by atoms with Crippen LogP contribution in [0.25, 0.3) is 0 Å². The van der Waals surface area contributed by atoms with Crippen LogP contribution in [0.3, 0.4) is 0 Å². The van der Waals surface area contributed by atoms with Gasteiger partial charge in [-0.05, 0) is 35.2 Å². The van der Waals surface area contributed by atoms with Crippen LogP contribution in [-0.4, -0.2) is 34.9 Å². The van der Waals surface area contributed by atoms with Gasteiger partial charge in [-0.1, -0.05) is 0 Å². The lowest BCUT2D eigenvalue weighted by Crippen LogP contribution is -2.37. The van der Waals surface area contributed by atoms with E-state index in [9.17, 15) is 14.0 Å². The van der Waals surface area contributed by atoms with E-state index < -0.39 is 6.67 Å². The maximum absolute atomic E-state index is 12.3. The molecule has 2 aromatic rings. The van der Waals surface area contributed by atoms with Crippen molar-refractivity contribution in [3.63, 3.8) is 0 Å². The Kier molecular flexibility index (Phi) is 4.88. The van der Waals surface area contributed by atoms with Crippen LogP contribution in [0, 0.1) is 0 Å². The molecule has 1 N–H and O–H groups in total. The first-order valence-corrected chi connectivity index (χ1v) is 7.79. The van der Waals surface area contributed by atoms with Gasteiger partial charge in [0.2, 0.25) is 5.91 Å². The number of aromatic nitrogens is 1. The summed E-state index contributed by atoms with van der Waals surface area (Å²) < 4.78 is 17.4. The Bertz CT molecular complexity index is 731. The number of carbonyl (C=O) groups excluding carboxylic acids is 2. The van der Waals surface area contributed by atoms with Gasteiger partial charge in [0.1, 0.15) is 0 Å². The van der Waals surface area contributed by atoms with E-state index >= 15 is 0 Å². The standard InChI is InChI=1S/C17H18FN3O3/c18-5-3-16(22)21-6-4-14-12(8-19-9-13(14)11-21)10-20-17(23)15-2-1-7-24-15/h1-2,7-9H,3-6,10-11H2,(H,20,23). The Morgan fingerprint density at radius 2 is 2.25 bits per heavy atom. The summed E-state index contributed by atoms with van der Waals surface area (Å²) in [4.78, 5) is 29.6. The third kappa shape index (κ3) is 3.45. The predicted molar refractivity (Wildman–Crippen MR) is 83.8 cm³/mol. The molecule has 126 valence electrons. The number of nitrogens with one attached hydrogen (secondary N) is 1. The lowest BCUT2D eigenvalue weighted by molar-refractivity contribution is -0.132. The quantitative estimate of drug-likeness (QED) is 0.907. The molecule has 0 saturated carbocycles. The number of pyridine rings is 1. The van der Waals surface area contributed by atoms with E-state index in [0.29, 0.717) is 26.1 Å². The van der Waals surface area contributed by atoms with Gasteiger partial charge in [0.15, 0.2) is 5.76 Å². The molecule has 7 heteroatoms. The van der Waals surface area contributed by atoms with Crippen molar-refractivity contribution in [2.24, 2.45) is 0 Å². The summed E-state index contributed by atoms with van der Waals surface area (Å²) in [6.07, 6.45) is 5.48. The van der Waals surface area contributed by atoms with Crippen molar-refractivity contribution >= 4 is 11.8 Å². The largest absolute Gasteiger partial charge is 0.459 e. The maximum atomic E-state index is 12.3. The number of hydrogen-bond acceptors (Lipinski definition) is 4. The van der Waals surface area contributed by atoms with Crippen LogP contribution in [0.15, 0.2) is 35.2 Å². The van der Waals surface area contributed by atoms with Crippen molar-refractivity contribution in [1.82, 2.24) is 15.2 Å². The molecule has 3 heterocycles. The summed E-state index contributed by atoms with van der Waals surface area (Å²) in [6.45, 7) is 0.684. The second kappa shape index (κ2) is 7.25. The van der Waals surface area contributed by atoms with E-state index in [2.05, 4.69) is 10.3 Å². The third-order valence-electron chi connectivity index (χ3n) is 4.07. The van der Waals surface area contributed by atoms with Crippen molar-refractivity contribution in [2.75, 3.05) is 13.2 Å². The molecule has 6 nitrogen and oxygen atoms in total. The number of rotatable bonds is 5. The monoisotopic (exact) mass is 331 g/mol. The molecule has 0 aliphatic carbocycles. The van der Waals surface area contributed by atoms with E-state index in [1.165, 1.54) is 6.26 Å². The summed E-state index contributed by atoms with van der Waals surface area (Å²) in [5.74, 6) is -0.205. The van der Waals surface area contributed by atoms with Gasteiger partial charge in [-0.2, -0.15) is 0 Å². The molecule has 0 saturated heterocycles. The first-order valence-electron chi connectivity index (χ1n) is 7.79. The lowest BCUT2D eigenvalue weighted by atomic mass is 9.97. The van der Waals surface area contributed by atoms with Crippen molar-refractivity contribution in [1.29, 1.82) is 0 Å². The zero-order chi connectivity index (χ0) is 16.9. The molecule has 0 spiro atoms. The Labute approximate surface area is 138 Å². The van der Waals surface area contributed by atoms with Gasteiger partial charge in [-0.3, -0.25) is 19.0 Å². The van der Waals surface area contributed by atoms with Crippen LogP contribution in [0.5, 0.6) is 0 Å². The average molecular weight is 331 g/mol. The normalized spacial score (nSPS) is 13.5. The summed E-state index contributed by atoms with van der Waals surface area (Å²) in [5, 5.41) is 2.80. The zero-order valence-corrected chi connectivity index (χ0v) is 13.1. The highest BCUT2D eigenvalue weighted by atomic mass is 19.1. The highest BCUT2D eigenvalue weighted by Crippen LogP contribution is 2.22. The fourth-order valence-corrected chi connectivity index (χ4v) is 2.84. The number of hydrogen-bond donors (Lipinski definition) is 1. The lowest BCUT2D eigenvalue weighted by Gasteiger charge is -2.29. The highest BCUT2D eigenvalue weighted by Gasteiger charge is 2.22. The van der Waals surface area contributed by atoms with Crippen LogP contribution in [0.2, 0.25) is 0 Å². The van der Waals surface area contributed by atoms with Crippen LogP contribution in [0.1, 0.15) is 33.7 Å². The Hall–Kier alpha value is -2.70. The molecule has 0 unspecified atom stereocenters. The van der Waals surface area contributed by atoms with E-state index in [-0.39, 0.29) is 24.0 Å². The van der Waals surface area contributed by atoms with Crippen LogP contribution in [0.4, 0.5) is 4.39 Å². The number of fused-ring (bicyclic) bond motifs is 1. The number of alkyl halides is 1. The Morgan fingerprint density at radius 3 is 3.00 bits per heavy atom. The minimum atomic E-state index is -0.640. The molecular weight excluding hydrogens is 313 g/mol. The summed E-state index contributed by atoms with van der Waals surface area (Å²) in [5.41, 5.74) is 2.96. The topological polar surface area (TPSA) is 75.4 Å². The molecule has 1 aliphatic rings. The van der Waals surface area contributed by atoms with Gasteiger partial charge in [-0.25, -0.2) is 0 Å². The molecule has 0 radical (unpaired) electrons. The number of amides is 2. The van der Waals surface area contributed by atoms with E-state index in [4.69, 9.17) is 4.42 Å². The third-order valence-corrected chi connectivity index (χ3v) is 4.07. The highest BCUT2D eigenvalue weighted by molar-refractivity contribution is 5.91. The number of nitrogens with zero attached hydrogens (tertiary/aromatic N) is 2. The fourth-order valence-electron chi connectivity index (χ4n) is 2.84. The molecule has 2 aromatic heterocycles. The SMILES string of the molecule is O=C(NCc1cncc2c1CCN(C(=O)CCF)C2)c1ccco1. The molecule has 0 fully saturated rings. The molecular formula is C17H18FN3O3. The summed E-state index contributed by atoms with van der Waals surface area (Å²) in [6, 6.07) is 3.26. The number of halogens is 1. The van der Waals surface area contributed by atoms with Crippen LogP contribution in [-0.2, 0) is 24.3 Å². The van der Waals surface area contributed by atoms with Crippen molar-refractivity contribution in [3.05, 3.63) is 53.2 Å². The smallest absolute Gasteiger partial charge is 0.287 e. The molecule has 24 heavy (non-hydrogen) atoms. The Morgan fingerprint density at radius 1 is 1.38 bits per heavy atom. The predicted octanol–water partition coefficient (Wildman–Crippen LogP) is 1.85. The second-order valence-electron chi connectivity index (χ2n) is 5.60. The maximum Gasteiger partial charge on any atom is 0.287 e. The van der Waals surface area contributed by atoms with Crippen LogP contribution >= 0.6 is 0 Å². The molecule has 0 aromatic carbocycles. The summed E-state index contributed by atoms with van der Waals surface area (Å²) in [7, 11) is 0. The van der Waals surface area contributed by atoms with Gasteiger partial charge < -0.3 is 14.6 Å². The first-order chi connectivity index (χ1) is 11.7. The van der Waals surface area contributed by atoms with Gasteiger partial charge >= 0.3 is 0 Å². The molecule has 1 aliphatic heterocycles. The first kappa shape index (κ1) is 16.2. The number of furan rings is 1. The van der Waals surface area contributed by atoms with Gasteiger partial charge in [-0.15, -0.1) is 0 Å². The van der Waals surface area contributed by atoms with Gasteiger partial charge in [0, 0.05) is 32.0 Å². The molecule has 0 bridgehead atoms. The van der Waals surface area contributed by atoms with Crippen molar-refractivity contribution in [3.8, 4) is 0 Å². The van der Waals surface area contributed by atoms with Gasteiger partial charge in [0.05, 0.1) is 19.4 Å². The van der Waals surface area contributed by atoms with Crippen molar-refractivity contribution < 1.29 is 18.4 Å². The summed E-state index contributed by atoms with van der Waals surface area (Å²) >= 11 is 0. The van der Waals surface area contributed by atoms with E-state index in [0.717, 1.165) is 16.7 Å². The second-order valence-corrected chi connectivity index (χ2v) is 5.60. The van der Waals surface area contributed by atoms with E-state index in [1.807, 2.05) is 0 Å². The minimum absolute atomic E-state index is 0.0817. The molecule has 0 atom stereocenters. The van der Waals surface area contributed by atoms with E-state index in [1.54, 1.807) is 29.4 Å². The Balaban J connectivity index is 1.68.